The van der Waals surface area contributed by atoms with Gasteiger partial charge in [-0.3, -0.25) is 4.79 Å². The van der Waals surface area contributed by atoms with Crippen LogP contribution in [-0.4, -0.2) is 6.29 Å². The van der Waals surface area contributed by atoms with Crippen LogP contribution in [0.5, 0.6) is 5.75 Å². The van der Waals surface area contributed by atoms with Crippen molar-refractivity contribution in [3.63, 3.8) is 0 Å². The molecule has 3 heteroatoms. The average molecular weight is 261 g/mol. The lowest BCUT2D eigenvalue weighted by Gasteiger charge is -2.10. The average Bonchev–Trinajstić information content (AvgIpc) is 2.39. The van der Waals surface area contributed by atoms with E-state index in [2.05, 4.69) is 0 Å². The fourth-order valence-electron chi connectivity index (χ4n) is 1.61. The fourth-order valence-corrected chi connectivity index (χ4v) is 1.85. The zero-order valence-corrected chi connectivity index (χ0v) is 10.8. The highest BCUT2D eigenvalue weighted by molar-refractivity contribution is 6.32. The molecule has 0 aliphatic rings. The first-order valence-corrected chi connectivity index (χ1v) is 6.00. The minimum Gasteiger partial charge on any atom is -0.487 e. The first-order valence-electron chi connectivity index (χ1n) is 5.63. The molecule has 0 unspecified atom stereocenters. The van der Waals surface area contributed by atoms with Crippen molar-refractivity contribution in [3.05, 3.63) is 64.2 Å². The number of hydrogen-bond donors (Lipinski definition) is 0. The molecule has 0 heterocycles. The molecule has 2 aromatic rings. The molecule has 0 saturated carbocycles. The highest BCUT2D eigenvalue weighted by Gasteiger charge is 2.07. The van der Waals surface area contributed by atoms with Crippen molar-refractivity contribution in [1.82, 2.24) is 0 Å². The van der Waals surface area contributed by atoms with E-state index in [9.17, 15) is 4.79 Å². The molecule has 0 saturated heterocycles. The van der Waals surface area contributed by atoms with E-state index in [0.717, 1.165) is 11.8 Å². The predicted molar refractivity (Wildman–Crippen MR) is 72.4 cm³/mol. The van der Waals surface area contributed by atoms with Gasteiger partial charge >= 0.3 is 0 Å². The van der Waals surface area contributed by atoms with E-state index >= 15 is 0 Å². The molecular weight excluding hydrogens is 248 g/mol. The normalized spacial score (nSPS) is 10.1. The lowest BCUT2D eigenvalue weighted by molar-refractivity contribution is 0.111. The zero-order chi connectivity index (χ0) is 13.0. The Labute approximate surface area is 111 Å². The van der Waals surface area contributed by atoms with Crippen LogP contribution >= 0.6 is 11.6 Å². The summed E-state index contributed by atoms with van der Waals surface area (Å²) in [5.41, 5.74) is 2.71. The molecule has 0 fully saturated rings. The molecule has 92 valence electrons. The van der Waals surface area contributed by atoms with Crippen LogP contribution in [0.15, 0.2) is 42.5 Å². The number of benzene rings is 2. The maximum absolute atomic E-state index is 10.9. The van der Waals surface area contributed by atoms with Gasteiger partial charge in [0.2, 0.25) is 0 Å². The molecule has 0 bridgehead atoms. The van der Waals surface area contributed by atoms with Crippen molar-refractivity contribution in [2.75, 3.05) is 0 Å². The lowest BCUT2D eigenvalue weighted by Crippen LogP contribution is -1.99. The maximum atomic E-state index is 10.9. The largest absolute Gasteiger partial charge is 0.487 e. The molecular formula is C15H13ClO2. The predicted octanol–water partition coefficient (Wildman–Crippen LogP) is 4.04. The Morgan fingerprint density at radius 2 is 1.89 bits per heavy atom. The van der Waals surface area contributed by atoms with Gasteiger partial charge in [-0.1, -0.05) is 47.5 Å². The second-order valence-electron chi connectivity index (χ2n) is 4.05. The minimum atomic E-state index is 0.394. The van der Waals surface area contributed by atoms with Crippen LogP contribution in [0.4, 0.5) is 0 Å². The van der Waals surface area contributed by atoms with E-state index in [0.29, 0.717) is 22.9 Å². The fraction of sp³-hybridized carbons (Fsp3) is 0.133. The molecule has 0 radical (unpaired) electrons. The third-order valence-electron chi connectivity index (χ3n) is 2.63. The number of ether oxygens (including phenoxy) is 1. The van der Waals surface area contributed by atoms with E-state index in [1.165, 1.54) is 5.56 Å². The molecule has 2 aromatic carbocycles. The van der Waals surface area contributed by atoms with Crippen LogP contribution in [0.1, 0.15) is 21.5 Å². The lowest BCUT2D eigenvalue weighted by atomic mass is 10.1. The van der Waals surface area contributed by atoms with Gasteiger partial charge in [-0.05, 0) is 24.6 Å². The molecule has 0 aliphatic heterocycles. The van der Waals surface area contributed by atoms with Gasteiger partial charge in [0, 0.05) is 0 Å². The Morgan fingerprint density at radius 3 is 2.56 bits per heavy atom. The molecule has 18 heavy (non-hydrogen) atoms. The SMILES string of the molecule is Cc1ccc(COc2c(Cl)cccc2C=O)cc1. The van der Waals surface area contributed by atoms with E-state index in [4.69, 9.17) is 16.3 Å². The number of hydrogen-bond acceptors (Lipinski definition) is 2. The molecule has 2 rings (SSSR count). The van der Waals surface area contributed by atoms with Crippen LogP contribution in [0.25, 0.3) is 0 Å². The van der Waals surface area contributed by atoms with Crippen molar-refractivity contribution < 1.29 is 9.53 Å². The molecule has 0 amide bonds. The molecule has 0 N–H and O–H groups in total. The van der Waals surface area contributed by atoms with Crippen molar-refractivity contribution >= 4 is 17.9 Å². The summed E-state index contributed by atoms with van der Waals surface area (Å²) in [6, 6.07) is 13.1. The van der Waals surface area contributed by atoms with Gasteiger partial charge in [0.05, 0.1) is 10.6 Å². The summed E-state index contributed by atoms with van der Waals surface area (Å²) < 4.78 is 5.62. The number of para-hydroxylation sites is 1. The molecule has 0 spiro atoms. The van der Waals surface area contributed by atoms with Crippen molar-refractivity contribution in [2.45, 2.75) is 13.5 Å². The van der Waals surface area contributed by atoms with Crippen molar-refractivity contribution in [3.8, 4) is 5.75 Å². The topological polar surface area (TPSA) is 26.3 Å². The Kier molecular flexibility index (Phi) is 4.00. The first kappa shape index (κ1) is 12.7. The Bertz CT molecular complexity index is 547. The number of carbonyl (C=O) groups is 1. The molecule has 0 aromatic heterocycles. The van der Waals surface area contributed by atoms with Gasteiger partial charge in [0.1, 0.15) is 12.4 Å². The van der Waals surface area contributed by atoms with Gasteiger partial charge < -0.3 is 4.74 Å². The van der Waals surface area contributed by atoms with Crippen LogP contribution in [0.3, 0.4) is 0 Å². The molecule has 0 aliphatic carbocycles. The van der Waals surface area contributed by atoms with E-state index in [1.54, 1.807) is 18.2 Å². The summed E-state index contributed by atoms with van der Waals surface area (Å²) in [4.78, 5) is 10.9. The van der Waals surface area contributed by atoms with Crippen LogP contribution in [-0.2, 0) is 6.61 Å². The third kappa shape index (κ3) is 2.90. The number of rotatable bonds is 4. The summed E-state index contributed by atoms with van der Waals surface area (Å²) >= 11 is 6.02. The molecule has 0 atom stereocenters. The first-order chi connectivity index (χ1) is 8.70. The summed E-state index contributed by atoms with van der Waals surface area (Å²) in [5, 5.41) is 0.451. The second kappa shape index (κ2) is 5.69. The summed E-state index contributed by atoms with van der Waals surface area (Å²) in [7, 11) is 0. The van der Waals surface area contributed by atoms with Crippen molar-refractivity contribution in [2.24, 2.45) is 0 Å². The van der Waals surface area contributed by atoms with Gasteiger partial charge in [0.15, 0.2) is 6.29 Å². The number of halogens is 1. The van der Waals surface area contributed by atoms with E-state index in [-0.39, 0.29) is 0 Å². The van der Waals surface area contributed by atoms with Gasteiger partial charge in [-0.25, -0.2) is 0 Å². The van der Waals surface area contributed by atoms with Crippen LogP contribution in [0, 0.1) is 6.92 Å². The standard InChI is InChI=1S/C15H13ClO2/c1-11-5-7-12(8-6-11)10-18-15-13(9-17)3-2-4-14(15)16/h2-9H,10H2,1H3. The van der Waals surface area contributed by atoms with Gasteiger partial charge in [-0.2, -0.15) is 0 Å². The summed E-state index contributed by atoms with van der Waals surface area (Å²) in [6.07, 6.45) is 0.746. The number of carbonyl (C=O) groups excluding carboxylic acids is 1. The highest BCUT2D eigenvalue weighted by Crippen LogP contribution is 2.28. The van der Waals surface area contributed by atoms with Gasteiger partial charge in [0.25, 0.3) is 0 Å². The minimum absolute atomic E-state index is 0.394. The Hall–Kier alpha value is -1.80. The summed E-state index contributed by atoms with van der Waals surface area (Å²) in [6.45, 7) is 2.42. The third-order valence-corrected chi connectivity index (χ3v) is 2.93. The second-order valence-corrected chi connectivity index (χ2v) is 4.46. The van der Waals surface area contributed by atoms with Crippen LogP contribution in [0.2, 0.25) is 5.02 Å². The van der Waals surface area contributed by atoms with E-state index in [1.807, 2.05) is 31.2 Å². The smallest absolute Gasteiger partial charge is 0.153 e. The number of aryl methyl sites for hydroxylation is 1. The zero-order valence-electron chi connectivity index (χ0n) is 10.0. The highest BCUT2D eigenvalue weighted by atomic mass is 35.5. The quantitative estimate of drug-likeness (QED) is 0.776. The Balaban J connectivity index is 2.15. The maximum Gasteiger partial charge on any atom is 0.153 e. The van der Waals surface area contributed by atoms with Crippen molar-refractivity contribution in [1.29, 1.82) is 0 Å². The Morgan fingerprint density at radius 1 is 1.17 bits per heavy atom. The van der Waals surface area contributed by atoms with Crippen LogP contribution < -0.4 is 4.74 Å². The number of aldehydes is 1. The van der Waals surface area contributed by atoms with E-state index < -0.39 is 0 Å². The summed E-state index contributed by atoms with van der Waals surface area (Å²) in [5.74, 6) is 0.440. The monoisotopic (exact) mass is 260 g/mol. The van der Waals surface area contributed by atoms with Gasteiger partial charge in [-0.15, -0.1) is 0 Å². The molecule has 2 nitrogen and oxygen atoms in total.